The molecule has 18 heavy (non-hydrogen) atoms. The molecule has 1 unspecified atom stereocenters. The lowest BCUT2D eigenvalue weighted by molar-refractivity contribution is -0.129. The molecule has 0 saturated heterocycles. The lowest BCUT2D eigenvalue weighted by atomic mass is 9.74. The lowest BCUT2D eigenvalue weighted by Gasteiger charge is -2.42. The molecule has 0 heterocycles. The second-order valence-electron chi connectivity index (χ2n) is 6.06. The highest BCUT2D eigenvalue weighted by Gasteiger charge is 2.37. The Morgan fingerprint density at radius 2 is 1.83 bits per heavy atom. The van der Waals surface area contributed by atoms with Crippen LogP contribution < -0.4 is 5.73 Å². The van der Waals surface area contributed by atoms with Crippen LogP contribution >= 0.6 is 0 Å². The van der Waals surface area contributed by atoms with E-state index in [0.29, 0.717) is 13.2 Å². The molecule has 1 saturated carbocycles. The zero-order valence-electron chi connectivity index (χ0n) is 12.6. The van der Waals surface area contributed by atoms with Crippen LogP contribution in [0.3, 0.4) is 0 Å². The third kappa shape index (κ3) is 4.52. The van der Waals surface area contributed by atoms with Gasteiger partial charge in [0.15, 0.2) is 0 Å². The largest absolute Gasteiger partial charge is 0.379 e. The predicted octanol–water partition coefficient (Wildman–Crippen LogP) is 2.97. The van der Waals surface area contributed by atoms with Crippen molar-refractivity contribution in [2.75, 3.05) is 19.8 Å². The van der Waals surface area contributed by atoms with Crippen molar-refractivity contribution in [1.29, 1.82) is 0 Å². The fourth-order valence-corrected chi connectivity index (χ4v) is 2.95. The van der Waals surface area contributed by atoms with Gasteiger partial charge in [-0.3, -0.25) is 0 Å². The zero-order chi connectivity index (χ0) is 13.6. The van der Waals surface area contributed by atoms with Gasteiger partial charge in [-0.2, -0.15) is 0 Å². The summed E-state index contributed by atoms with van der Waals surface area (Å²) < 4.78 is 11.6. The van der Waals surface area contributed by atoms with E-state index in [0.717, 1.165) is 31.3 Å². The molecule has 1 fully saturated rings. The van der Waals surface area contributed by atoms with Crippen molar-refractivity contribution in [2.45, 2.75) is 65.1 Å². The van der Waals surface area contributed by atoms with Crippen LogP contribution in [-0.2, 0) is 9.47 Å². The van der Waals surface area contributed by atoms with Gasteiger partial charge in [0, 0.05) is 13.2 Å². The number of hydrogen-bond acceptors (Lipinski definition) is 3. The summed E-state index contributed by atoms with van der Waals surface area (Å²) in [5.74, 6) is 1.62. The van der Waals surface area contributed by atoms with Gasteiger partial charge < -0.3 is 15.2 Å². The predicted molar refractivity (Wildman–Crippen MR) is 75.6 cm³/mol. The van der Waals surface area contributed by atoms with Crippen molar-refractivity contribution in [3.05, 3.63) is 0 Å². The highest BCUT2D eigenvalue weighted by molar-refractivity contribution is 4.89. The van der Waals surface area contributed by atoms with E-state index in [2.05, 4.69) is 20.8 Å². The van der Waals surface area contributed by atoms with Crippen LogP contribution in [0.25, 0.3) is 0 Å². The molecule has 0 radical (unpaired) electrons. The van der Waals surface area contributed by atoms with Crippen molar-refractivity contribution in [3.8, 4) is 0 Å². The van der Waals surface area contributed by atoms with E-state index < -0.39 is 0 Å². The Morgan fingerprint density at radius 3 is 2.28 bits per heavy atom. The van der Waals surface area contributed by atoms with E-state index in [4.69, 9.17) is 15.2 Å². The first-order valence-corrected chi connectivity index (χ1v) is 7.48. The Bertz CT molecular complexity index is 223. The van der Waals surface area contributed by atoms with Crippen molar-refractivity contribution in [1.82, 2.24) is 0 Å². The monoisotopic (exact) mass is 257 g/mol. The third-order valence-corrected chi connectivity index (χ3v) is 4.26. The van der Waals surface area contributed by atoms with E-state index in [1.54, 1.807) is 0 Å². The minimum Gasteiger partial charge on any atom is -0.379 e. The van der Waals surface area contributed by atoms with Gasteiger partial charge in [0.2, 0.25) is 0 Å². The van der Waals surface area contributed by atoms with Crippen LogP contribution in [0.2, 0.25) is 0 Å². The summed E-state index contributed by atoms with van der Waals surface area (Å²) in [5, 5.41) is 0. The average molecular weight is 257 g/mol. The highest BCUT2D eigenvalue weighted by atomic mass is 16.5. The maximum absolute atomic E-state index is 6.21. The SMILES string of the molecule is CCOCC(C)OC1(CN)CCC(C(C)C)CC1. The van der Waals surface area contributed by atoms with Crippen molar-refractivity contribution >= 4 is 0 Å². The Balaban J connectivity index is 2.45. The van der Waals surface area contributed by atoms with Crippen LogP contribution in [0.4, 0.5) is 0 Å². The van der Waals surface area contributed by atoms with E-state index >= 15 is 0 Å². The molecule has 0 aromatic carbocycles. The molecule has 0 aromatic rings. The molecule has 1 atom stereocenters. The van der Waals surface area contributed by atoms with E-state index in [-0.39, 0.29) is 11.7 Å². The summed E-state index contributed by atoms with van der Waals surface area (Å²) in [6.45, 7) is 10.8. The normalized spacial score (nSPS) is 30.7. The van der Waals surface area contributed by atoms with E-state index in [9.17, 15) is 0 Å². The van der Waals surface area contributed by atoms with Gasteiger partial charge in [-0.1, -0.05) is 13.8 Å². The Kier molecular flexibility index (Phi) is 6.61. The minimum absolute atomic E-state index is 0.0953. The minimum atomic E-state index is -0.0953. The molecule has 0 amide bonds. The van der Waals surface area contributed by atoms with E-state index in [1.807, 2.05) is 6.92 Å². The molecule has 1 rings (SSSR count). The molecule has 1 aliphatic rings. The molecule has 0 bridgehead atoms. The second kappa shape index (κ2) is 7.46. The Morgan fingerprint density at radius 1 is 1.22 bits per heavy atom. The van der Waals surface area contributed by atoms with Gasteiger partial charge in [0.05, 0.1) is 18.3 Å². The van der Waals surface area contributed by atoms with Gasteiger partial charge in [0.25, 0.3) is 0 Å². The summed E-state index contributed by atoms with van der Waals surface area (Å²) in [5.41, 5.74) is 5.88. The summed E-state index contributed by atoms with van der Waals surface area (Å²) >= 11 is 0. The molecule has 3 nitrogen and oxygen atoms in total. The molecule has 108 valence electrons. The van der Waals surface area contributed by atoms with Gasteiger partial charge in [-0.25, -0.2) is 0 Å². The maximum Gasteiger partial charge on any atom is 0.0809 e. The first-order valence-electron chi connectivity index (χ1n) is 7.48. The first-order chi connectivity index (χ1) is 8.53. The first kappa shape index (κ1) is 15.9. The average Bonchev–Trinajstić information content (AvgIpc) is 2.37. The number of hydrogen-bond donors (Lipinski definition) is 1. The standard InChI is InChI=1S/C15H31NO2/c1-5-17-10-13(4)18-15(11-16)8-6-14(7-9-15)12(2)3/h12-14H,5-11,16H2,1-4H3. The third-order valence-electron chi connectivity index (χ3n) is 4.26. The van der Waals surface area contributed by atoms with Crippen LogP contribution in [0.5, 0.6) is 0 Å². The van der Waals surface area contributed by atoms with Crippen LogP contribution in [0, 0.1) is 11.8 Å². The molecule has 0 spiro atoms. The summed E-state index contributed by atoms with van der Waals surface area (Å²) in [6, 6.07) is 0. The molecule has 0 aromatic heterocycles. The van der Waals surface area contributed by atoms with Crippen LogP contribution in [0.15, 0.2) is 0 Å². The summed E-state index contributed by atoms with van der Waals surface area (Å²) in [7, 11) is 0. The Hall–Kier alpha value is -0.120. The molecular formula is C15H31NO2. The lowest BCUT2D eigenvalue weighted by Crippen LogP contribution is -2.47. The van der Waals surface area contributed by atoms with Crippen molar-refractivity contribution < 1.29 is 9.47 Å². The van der Waals surface area contributed by atoms with Gasteiger partial charge in [0.1, 0.15) is 0 Å². The van der Waals surface area contributed by atoms with Crippen molar-refractivity contribution in [2.24, 2.45) is 17.6 Å². The van der Waals surface area contributed by atoms with Gasteiger partial charge in [-0.05, 0) is 51.4 Å². The second-order valence-corrected chi connectivity index (χ2v) is 6.06. The van der Waals surface area contributed by atoms with Gasteiger partial charge >= 0.3 is 0 Å². The molecule has 0 aliphatic heterocycles. The summed E-state index contributed by atoms with van der Waals surface area (Å²) in [4.78, 5) is 0. The quantitative estimate of drug-likeness (QED) is 0.762. The molecule has 3 heteroatoms. The topological polar surface area (TPSA) is 44.5 Å². The number of nitrogens with two attached hydrogens (primary N) is 1. The number of rotatable bonds is 7. The number of ether oxygens (including phenoxy) is 2. The van der Waals surface area contributed by atoms with Crippen LogP contribution in [-0.4, -0.2) is 31.5 Å². The maximum atomic E-state index is 6.21. The van der Waals surface area contributed by atoms with E-state index in [1.165, 1.54) is 12.8 Å². The van der Waals surface area contributed by atoms with Crippen LogP contribution in [0.1, 0.15) is 53.4 Å². The summed E-state index contributed by atoms with van der Waals surface area (Å²) in [6.07, 6.45) is 4.84. The molecular weight excluding hydrogens is 226 g/mol. The smallest absolute Gasteiger partial charge is 0.0809 e. The zero-order valence-corrected chi connectivity index (χ0v) is 12.6. The highest BCUT2D eigenvalue weighted by Crippen LogP contribution is 2.38. The molecule has 1 aliphatic carbocycles. The Labute approximate surface area is 112 Å². The fourth-order valence-electron chi connectivity index (χ4n) is 2.95. The van der Waals surface area contributed by atoms with Gasteiger partial charge in [-0.15, -0.1) is 0 Å². The fraction of sp³-hybridized carbons (Fsp3) is 1.00. The van der Waals surface area contributed by atoms with Crippen molar-refractivity contribution in [3.63, 3.8) is 0 Å². The molecule has 2 N–H and O–H groups in total.